The first-order chi connectivity index (χ1) is 15.2. The Hall–Kier alpha value is -2.34. The molecular formula is C26H34N2O3. The van der Waals surface area contributed by atoms with E-state index in [4.69, 9.17) is 9.47 Å². The van der Waals surface area contributed by atoms with E-state index in [9.17, 15) is 5.11 Å². The summed E-state index contributed by atoms with van der Waals surface area (Å²) in [6.45, 7) is 5.98. The van der Waals surface area contributed by atoms with Gasteiger partial charge in [0.1, 0.15) is 18.1 Å². The van der Waals surface area contributed by atoms with Gasteiger partial charge in [-0.05, 0) is 61.2 Å². The van der Waals surface area contributed by atoms with Gasteiger partial charge < -0.3 is 14.6 Å². The van der Waals surface area contributed by atoms with E-state index >= 15 is 0 Å². The maximum Gasteiger partial charge on any atom is 0.127 e. The summed E-state index contributed by atoms with van der Waals surface area (Å²) in [5.74, 6) is 1.78. The molecule has 0 unspecified atom stereocenters. The van der Waals surface area contributed by atoms with E-state index in [0.29, 0.717) is 12.6 Å². The Labute approximate surface area is 185 Å². The zero-order valence-corrected chi connectivity index (χ0v) is 18.5. The van der Waals surface area contributed by atoms with Gasteiger partial charge in [-0.15, -0.1) is 0 Å². The number of aryl methyl sites for hydroxylation is 1. The minimum atomic E-state index is 0.243. The Kier molecular flexibility index (Phi) is 7.62. The number of rotatable bonds is 9. The Bertz CT molecular complexity index is 868. The van der Waals surface area contributed by atoms with Crippen LogP contribution in [0.4, 0.5) is 0 Å². The second-order valence-electron chi connectivity index (χ2n) is 8.52. The first kappa shape index (κ1) is 21.9. The molecule has 31 heavy (non-hydrogen) atoms. The summed E-state index contributed by atoms with van der Waals surface area (Å²) >= 11 is 0. The Morgan fingerprint density at radius 3 is 2.81 bits per heavy atom. The van der Waals surface area contributed by atoms with Gasteiger partial charge in [-0.2, -0.15) is 0 Å². The lowest BCUT2D eigenvalue weighted by Gasteiger charge is -2.42. The molecular weight excluding hydrogens is 388 g/mol. The van der Waals surface area contributed by atoms with Gasteiger partial charge >= 0.3 is 0 Å². The van der Waals surface area contributed by atoms with E-state index < -0.39 is 0 Å². The third-order valence-electron chi connectivity index (χ3n) is 6.32. The van der Waals surface area contributed by atoms with Crippen molar-refractivity contribution in [2.75, 3.05) is 53.0 Å². The maximum atomic E-state index is 9.62. The first-order valence-electron chi connectivity index (χ1n) is 11.4. The lowest BCUT2D eigenvalue weighted by atomic mass is 10.0. The fourth-order valence-electron chi connectivity index (χ4n) is 4.66. The van der Waals surface area contributed by atoms with Gasteiger partial charge in [0.2, 0.25) is 0 Å². The second kappa shape index (κ2) is 10.8. The van der Waals surface area contributed by atoms with Gasteiger partial charge in [-0.1, -0.05) is 30.3 Å². The summed E-state index contributed by atoms with van der Waals surface area (Å²) in [5, 5.41) is 9.62. The number of benzene rings is 2. The Morgan fingerprint density at radius 2 is 2.00 bits per heavy atom. The van der Waals surface area contributed by atoms with Gasteiger partial charge in [0.05, 0.1) is 7.11 Å². The third-order valence-corrected chi connectivity index (χ3v) is 6.32. The molecule has 2 aliphatic heterocycles. The first-order valence-corrected chi connectivity index (χ1v) is 11.4. The van der Waals surface area contributed by atoms with E-state index in [2.05, 4.69) is 46.2 Å². The summed E-state index contributed by atoms with van der Waals surface area (Å²) in [5.41, 5.74) is 3.79. The molecule has 1 atom stereocenters. The fraction of sp³-hybridized carbons (Fsp3) is 0.462. The van der Waals surface area contributed by atoms with Gasteiger partial charge in [0.15, 0.2) is 0 Å². The number of ether oxygens (including phenoxy) is 2. The molecule has 0 radical (unpaired) electrons. The monoisotopic (exact) mass is 422 g/mol. The van der Waals surface area contributed by atoms with Crippen molar-refractivity contribution in [3.8, 4) is 11.5 Å². The van der Waals surface area contributed by atoms with Crippen LogP contribution >= 0.6 is 0 Å². The van der Waals surface area contributed by atoms with E-state index in [1.54, 1.807) is 7.11 Å². The van der Waals surface area contributed by atoms with Gasteiger partial charge in [-0.3, -0.25) is 9.80 Å². The van der Waals surface area contributed by atoms with Crippen LogP contribution in [0.3, 0.4) is 0 Å². The highest BCUT2D eigenvalue weighted by Crippen LogP contribution is 2.30. The second-order valence-corrected chi connectivity index (χ2v) is 8.52. The number of aliphatic hydroxyl groups excluding tert-OH is 1. The number of piperazine rings is 1. The predicted molar refractivity (Wildman–Crippen MR) is 125 cm³/mol. The molecule has 0 saturated carbocycles. The molecule has 0 aliphatic carbocycles. The summed E-state index contributed by atoms with van der Waals surface area (Å²) in [6, 6.07) is 17.1. The maximum absolute atomic E-state index is 9.62. The number of nitrogens with zero attached hydrogens (tertiary/aromatic N) is 2. The lowest BCUT2D eigenvalue weighted by molar-refractivity contribution is 0.0622. The Balaban J connectivity index is 1.32. The molecule has 2 aromatic carbocycles. The van der Waals surface area contributed by atoms with E-state index in [1.165, 1.54) is 11.1 Å². The van der Waals surface area contributed by atoms with E-state index in [1.807, 2.05) is 18.2 Å². The van der Waals surface area contributed by atoms with Crippen LogP contribution in [0.15, 0.2) is 54.1 Å². The van der Waals surface area contributed by atoms with Crippen molar-refractivity contribution >= 4 is 6.08 Å². The number of fused-ring (bicyclic) bond motifs is 1. The minimum Gasteiger partial charge on any atom is -0.497 e. The molecule has 0 amide bonds. The van der Waals surface area contributed by atoms with Crippen molar-refractivity contribution < 1.29 is 14.6 Å². The van der Waals surface area contributed by atoms with E-state index in [-0.39, 0.29) is 6.61 Å². The quantitative estimate of drug-likeness (QED) is 0.670. The zero-order valence-electron chi connectivity index (χ0n) is 18.5. The number of aliphatic hydroxyl groups is 1. The topological polar surface area (TPSA) is 45.2 Å². The molecule has 4 rings (SSSR count). The standard InChI is InChI=1S/C26H34N2O3/c1-30-25-9-10-26-23(17-25)16-22(20-31-26)18-27-13-14-28(24(19-27)11-15-29)12-5-8-21-6-3-2-4-7-21/h2-4,6-7,9-10,16-17,24,29H,5,8,11-15,18-20H2,1H3/t24-/m0/s1. The molecule has 0 spiro atoms. The molecule has 0 aromatic heterocycles. The fourth-order valence-corrected chi connectivity index (χ4v) is 4.66. The molecule has 5 nitrogen and oxygen atoms in total. The van der Waals surface area contributed by atoms with E-state index in [0.717, 1.165) is 69.0 Å². The molecule has 166 valence electrons. The Morgan fingerprint density at radius 1 is 1.13 bits per heavy atom. The van der Waals surface area contributed by atoms with Crippen LogP contribution < -0.4 is 9.47 Å². The van der Waals surface area contributed by atoms with Crippen LogP contribution in [-0.4, -0.2) is 74.0 Å². The van der Waals surface area contributed by atoms with Gasteiger partial charge in [0, 0.05) is 44.4 Å². The largest absolute Gasteiger partial charge is 0.497 e. The van der Waals surface area contributed by atoms with Crippen molar-refractivity contribution in [1.82, 2.24) is 9.80 Å². The molecule has 1 saturated heterocycles. The van der Waals surface area contributed by atoms with Crippen LogP contribution in [-0.2, 0) is 6.42 Å². The molecule has 2 heterocycles. The summed E-state index contributed by atoms with van der Waals surface area (Å²) in [7, 11) is 1.69. The average molecular weight is 423 g/mol. The van der Waals surface area contributed by atoms with Crippen molar-refractivity contribution in [2.45, 2.75) is 25.3 Å². The number of hydrogen-bond acceptors (Lipinski definition) is 5. The number of methoxy groups -OCH3 is 1. The summed E-state index contributed by atoms with van der Waals surface area (Å²) < 4.78 is 11.3. The van der Waals surface area contributed by atoms with Crippen LogP contribution in [0.2, 0.25) is 0 Å². The van der Waals surface area contributed by atoms with Gasteiger partial charge in [-0.25, -0.2) is 0 Å². The molecule has 1 fully saturated rings. The highest BCUT2D eigenvalue weighted by molar-refractivity contribution is 5.64. The lowest BCUT2D eigenvalue weighted by Crippen LogP contribution is -2.54. The molecule has 0 bridgehead atoms. The predicted octanol–water partition coefficient (Wildman–Crippen LogP) is 3.47. The number of hydrogen-bond donors (Lipinski definition) is 1. The minimum absolute atomic E-state index is 0.243. The molecule has 2 aromatic rings. The van der Waals surface area contributed by atoms with Crippen molar-refractivity contribution in [3.05, 3.63) is 65.2 Å². The SMILES string of the molecule is COc1ccc2c(c1)C=C(CN1CCN(CCCc3ccccc3)[C@@H](CCO)C1)CO2. The average Bonchev–Trinajstić information content (AvgIpc) is 2.81. The van der Waals surface area contributed by atoms with Crippen LogP contribution in [0.25, 0.3) is 6.08 Å². The molecule has 2 aliphatic rings. The van der Waals surface area contributed by atoms with Crippen molar-refractivity contribution in [1.29, 1.82) is 0 Å². The third kappa shape index (κ3) is 5.88. The highest BCUT2D eigenvalue weighted by atomic mass is 16.5. The van der Waals surface area contributed by atoms with Gasteiger partial charge in [0.25, 0.3) is 0 Å². The van der Waals surface area contributed by atoms with Crippen LogP contribution in [0.5, 0.6) is 11.5 Å². The zero-order chi connectivity index (χ0) is 21.5. The normalized spacial score (nSPS) is 19.4. The van der Waals surface area contributed by atoms with Crippen molar-refractivity contribution in [2.24, 2.45) is 0 Å². The van der Waals surface area contributed by atoms with Crippen molar-refractivity contribution in [3.63, 3.8) is 0 Å². The van der Waals surface area contributed by atoms with Crippen LogP contribution in [0.1, 0.15) is 24.0 Å². The highest BCUT2D eigenvalue weighted by Gasteiger charge is 2.27. The van der Waals surface area contributed by atoms with Crippen LogP contribution in [0, 0.1) is 0 Å². The summed E-state index contributed by atoms with van der Waals surface area (Å²) in [6.07, 6.45) is 5.34. The molecule has 5 heteroatoms. The smallest absolute Gasteiger partial charge is 0.127 e. The summed E-state index contributed by atoms with van der Waals surface area (Å²) in [4.78, 5) is 5.08. The molecule has 1 N–H and O–H groups in total.